The number of amides is 1. The van der Waals surface area contributed by atoms with Crippen molar-refractivity contribution < 1.29 is 4.79 Å². The lowest BCUT2D eigenvalue weighted by molar-refractivity contribution is -0.122. The zero-order valence-corrected chi connectivity index (χ0v) is 20.1. The summed E-state index contributed by atoms with van der Waals surface area (Å²) in [5.74, 6) is -0.178. The Morgan fingerprint density at radius 3 is 2.37 bits per heavy atom. The fraction of sp³-hybridized carbons (Fsp3) is 0.455. The van der Waals surface area contributed by atoms with E-state index in [0.29, 0.717) is 6.42 Å². The van der Waals surface area contributed by atoms with Gasteiger partial charge in [0.15, 0.2) is 5.11 Å². The van der Waals surface area contributed by atoms with E-state index in [9.17, 15) is 4.79 Å². The summed E-state index contributed by atoms with van der Waals surface area (Å²) in [4.78, 5) is 12.3. The number of unbranched alkanes of at least 4 members (excludes halogenated alkanes) is 5. The summed E-state index contributed by atoms with van der Waals surface area (Å²) in [5.41, 5.74) is 0.826. The number of nitrogens with one attached hydrogen (secondary N) is 3. The Balaban J connectivity index is 1.91. The number of hydrogen-bond donors (Lipinski definition) is 3. The highest BCUT2D eigenvalue weighted by Gasteiger charge is 2.34. The van der Waals surface area contributed by atoms with Crippen LogP contribution in [0, 0.1) is 0 Å². The monoisotopic (exact) mass is 487 g/mol. The lowest BCUT2D eigenvalue weighted by Crippen LogP contribution is -2.56. The number of carbonyl (C=O) groups is 1. The standard InChI is InChI=1S/C22H28Cl3N3OS/c1-2-3-4-5-6-7-15-19(29)27-20(22(23,24)25)28-21(30)26-18-14-10-12-16-11-8-9-13-17(16)18/h8-14,20H,2-7,15H2,1H3,(H,27,29)(H2,26,28,30)/t20-/m1/s1. The molecule has 0 bridgehead atoms. The number of thiocarbonyl (C=S) groups is 1. The van der Waals surface area contributed by atoms with Crippen molar-refractivity contribution in [3.8, 4) is 0 Å². The smallest absolute Gasteiger partial charge is 0.228 e. The van der Waals surface area contributed by atoms with Crippen molar-refractivity contribution in [2.75, 3.05) is 5.32 Å². The zero-order chi connectivity index (χ0) is 22.0. The molecule has 30 heavy (non-hydrogen) atoms. The second-order valence-electron chi connectivity index (χ2n) is 7.19. The van der Waals surface area contributed by atoms with Gasteiger partial charge in [0.1, 0.15) is 6.17 Å². The summed E-state index contributed by atoms with van der Waals surface area (Å²) >= 11 is 23.6. The second kappa shape index (κ2) is 12.6. The largest absolute Gasteiger partial charge is 0.339 e. The van der Waals surface area contributed by atoms with Crippen LogP contribution in [0.25, 0.3) is 10.8 Å². The molecule has 3 N–H and O–H groups in total. The Kier molecular flexibility index (Phi) is 10.5. The van der Waals surface area contributed by atoms with E-state index in [2.05, 4.69) is 22.9 Å². The van der Waals surface area contributed by atoms with E-state index in [0.717, 1.165) is 35.7 Å². The minimum atomic E-state index is -1.76. The first-order chi connectivity index (χ1) is 14.3. The molecule has 0 fully saturated rings. The number of halogens is 3. The molecular formula is C22H28Cl3N3OS. The average Bonchev–Trinajstić information content (AvgIpc) is 2.70. The Hall–Kier alpha value is -1.27. The number of benzene rings is 2. The Morgan fingerprint density at radius 1 is 0.967 bits per heavy atom. The van der Waals surface area contributed by atoms with E-state index in [4.69, 9.17) is 47.0 Å². The first-order valence-corrected chi connectivity index (χ1v) is 11.8. The van der Waals surface area contributed by atoms with E-state index < -0.39 is 9.96 Å². The van der Waals surface area contributed by atoms with Crippen molar-refractivity contribution in [3.05, 3.63) is 42.5 Å². The molecule has 0 aromatic heterocycles. The van der Waals surface area contributed by atoms with Gasteiger partial charge in [-0.05, 0) is 30.1 Å². The summed E-state index contributed by atoms with van der Waals surface area (Å²) in [7, 11) is 0. The van der Waals surface area contributed by atoms with Gasteiger partial charge in [-0.3, -0.25) is 4.79 Å². The topological polar surface area (TPSA) is 53.2 Å². The van der Waals surface area contributed by atoms with E-state index in [1.54, 1.807) is 0 Å². The van der Waals surface area contributed by atoms with Gasteiger partial charge in [-0.1, -0.05) is 110 Å². The SMILES string of the molecule is CCCCCCCCC(=O)N[C@H](NC(=S)Nc1cccc2ccccc12)C(Cl)(Cl)Cl. The Morgan fingerprint density at radius 2 is 1.63 bits per heavy atom. The number of anilines is 1. The normalized spacial score (nSPS) is 12.4. The highest BCUT2D eigenvalue weighted by molar-refractivity contribution is 7.80. The van der Waals surface area contributed by atoms with Crippen molar-refractivity contribution >= 4 is 74.5 Å². The predicted octanol–water partition coefficient (Wildman–Crippen LogP) is 6.69. The summed E-state index contributed by atoms with van der Waals surface area (Å²) in [6.07, 6.45) is 6.01. The van der Waals surface area contributed by atoms with Crippen LogP contribution >= 0.6 is 47.0 Å². The van der Waals surface area contributed by atoms with Crippen LogP contribution in [-0.2, 0) is 4.79 Å². The Labute approximate surface area is 199 Å². The first kappa shape index (κ1) is 25.0. The van der Waals surface area contributed by atoms with E-state index in [1.165, 1.54) is 19.3 Å². The van der Waals surface area contributed by atoms with Gasteiger partial charge in [-0.15, -0.1) is 0 Å². The first-order valence-electron chi connectivity index (χ1n) is 10.2. The quantitative estimate of drug-likeness (QED) is 0.151. The molecule has 0 radical (unpaired) electrons. The molecule has 0 saturated heterocycles. The lowest BCUT2D eigenvalue weighted by Gasteiger charge is -2.28. The van der Waals surface area contributed by atoms with Gasteiger partial charge < -0.3 is 16.0 Å². The highest BCUT2D eigenvalue weighted by atomic mass is 35.6. The van der Waals surface area contributed by atoms with Crippen LogP contribution in [0.4, 0.5) is 5.69 Å². The molecule has 0 aliphatic carbocycles. The molecule has 0 heterocycles. The van der Waals surface area contributed by atoms with E-state index in [1.807, 2.05) is 42.5 Å². The molecule has 2 aromatic rings. The molecular weight excluding hydrogens is 461 g/mol. The molecule has 164 valence electrons. The minimum absolute atomic E-state index is 0.178. The lowest BCUT2D eigenvalue weighted by atomic mass is 10.1. The third-order valence-corrected chi connectivity index (χ3v) is 5.58. The van der Waals surface area contributed by atoms with Gasteiger partial charge in [-0.25, -0.2) is 0 Å². The van der Waals surface area contributed by atoms with Crippen LogP contribution in [0.3, 0.4) is 0 Å². The molecule has 8 heteroatoms. The maximum atomic E-state index is 12.3. The highest BCUT2D eigenvalue weighted by Crippen LogP contribution is 2.29. The van der Waals surface area contributed by atoms with Crippen LogP contribution in [0.15, 0.2) is 42.5 Å². The van der Waals surface area contributed by atoms with Gasteiger partial charge in [-0.2, -0.15) is 0 Å². The molecule has 0 saturated carbocycles. The third kappa shape index (κ3) is 8.46. The Bertz CT molecular complexity index is 836. The number of rotatable bonds is 10. The van der Waals surface area contributed by atoms with Gasteiger partial charge in [0.05, 0.1) is 0 Å². The molecule has 4 nitrogen and oxygen atoms in total. The number of carbonyl (C=O) groups excluding carboxylic acids is 1. The van der Waals surface area contributed by atoms with Gasteiger partial charge in [0, 0.05) is 17.5 Å². The third-order valence-electron chi connectivity index (χ3n) is 4.70. The summed E-state index contributed by atoms with van der Waals surface area (Å²) in [6, 6.07) is 13.8. The molecule has 0 aliphatic rings. The van der Waals surface area contributed by atoms with Crippen molar-refractivity contribution in [2.24, 2.45) is 0 Å². The van der Waals surface area contributed by atoms with Crippen LogP contribution in [0.2, 0.25) is 0 Å². The zero-order valence-electron chi connectivity index (χ0n) is 17.0. The number of alkyl halides is 3. The second-order valence-corrected chi connectivity index (χ2v) is 9.96. The fourth-order valence-electron chi connectivity index (χ4n) is 3.12. The predicted molar refractivity (Wildman–Crippen MR) is 134 cm³/mol. The molecule has 1 amide bonds. The molecule has 1 atom stereocenters. The summed E-state index contributed by atoms with van der Waals surface area (Å²) in [5, 5.41) is 11.1. The molecule has 2 rings (SSSR count). The van der Waals surface area contributed by atoms with Crippen LogP contribution in [0.1, 0.15) is 51.9 Å². The fourth-order valence-corrected chi connectivity index (χ4v) is 3.68. The average molecular weight is 489 g/mol. The van der Waals surface area contributed by atoms with E-state index >= 15 is 0 Å². The maximum Gasteiger partial charge on any atom is 0.228 e. The van der Waals surface area contributed by atoms with Crippen molar-refractivity contribution in [1.29, 1.82) is 0 Å². The number of fused-ring (bicyclic) bond motifs is 1. The van der Waals surface area contributed by atoms with Crippen LogP contribution in [-0.4, -0.2) is 21.0 Å². The van der Waals surface area contributed by atoms with Crippen molar-refractivity contribution in [3.63, 3.8) is 0 Å². The van der Waals surface area contributed by atoms with E-state index in [-0.39, 0.29) is 11.0 Å². The van der Waals surface area contributed by atoms with Gasteiger partial charge in [0.25, 0.3) is 0 Å². The minimum Gasteiger partial charge on any atom is -0.339 e. The van der Waals surface area contributed by atoms with Crippen LogP contribution < -0.4 is 16.0 Å². The molecule has 0 unspecified atom stereocenters. The summed E-state index contributed by atoms with van der Waals surface area (Å²) < 4.78 is -1.76. The van der Waals surface area contributed by atoms with Crippen molar-refractivity contribution in [1.82, 2.24) is 10.6 Å². The molecule has 0 aliphatic heterocycles. The summed E-state index contributed by atoms with van der Waals surface area (Å²) in [6.45, 7) is 2.18. The van der Waals surface area contributed by atoms with Gasteiger partial charge >= 0.3 is 0 Å². The molecule has 0 spiro atoms. The molecule has 2 aromatic carbocycles. The maximum absolute atomic E-state index is 12.3. The van der Waals surface area contributed by atoms with Crippen LogP contribution in [0.5, 0.6) is 0 Å². The number of hydrogen-bond acceptors (Lipinski definition) is 2. The van der Waals surface area contributed by atoms with Crippen molar-refractivity contribution in [2.45, 2.75) is 61.8 Å². The van der Waals surface area contributed by atoms with Gasteiger partial charge in [0.2, 0.25) is 9.70 Å².